The van der Waals surface area contributed by atoms with Crippen LogP contribution < -0.4 is 5.32 Å². The molecule has 1 N–H and O–H groups in total. The Labute approximate surface area is 262 Å². The van der Waals surface area contributed by atoms with E-state index in [0.717, 1.165) is 17.7 Å². The van der Waals surface area contributed by atoms with E-state index in [2.05, 4.69) is 10.2 Å². The Morgan fingerprint density at radius 3 is 2.47 bits per heavy atom. The van der Waals surface area contributed by atoms with E-state index < -0.39 is 16.3 Å². The zero-order chi connectivity index (χ0) is 32.4. The lowest BCUT2D eigenvalue weighted by molar-refractivity contribution is -0.384. The van der Waals surface area contributed by atoms with Gasteiger partial charge in [0, 0.05) is 37.6 Å². The van der Waals surface area contributed by atoms with E-state index in [-0.39, 0.29) is 24.7 Å². The Balaban J connectivity index is 1.46. The second kappa shape index (κ2) is 15.1. The zero-order valence-electron chi connectivity index (χ0n) is 25.6. The summed E-state index contributed by atoms with van der Waals surface area (Å²) in [6, 6.07) is 17.7. The standard InChI is InChI=1S/C33H38N6O6/c1-25-31(35-23-40)30(26-10-12-28(13-11-26)39(43)44)29(22-36(25)2)38(24-41)18-7-17-37-19-14-33(15-20-37,27-8-4-3-5-9-27)32(42)45-21-6-16-34/h3-5,8-13,22-24,30H,6-7,14-15,17-21H2,1-2H3,(H,35,40). The number of nitrogens with zero attached hydrogens (tertiary/aromatic N) is 5. The van der Waals surface area contributed by atoms with Crippen molar-refractivity contribution in [2.45, 2.75) is 43.9 Å². The maximum absolute atomic E-state index is 13.3. The Morgan fingerprint density at radius 1 is 1.18 bits per heavy atom. The number of ether oxygens (including phenoxy) is 1. The average molecular weight is 615 g/mol. The largest absolute Gasteiger partial charge is 0.464 e. The molecule has 2 aromatic carbocycles. The molecule has 45 heavy (non-hydrogen) atoms. The molecule has 0 aliphatic carbocycles. The SMILES string of the molecule is CC1=C(NC=O)C(c2ccc([N+](=O)[O-])cc2)C(N(C=O)CCCN2CCC(C(=O)OCCC#N)(c3ccccc3)CC2)=CN1C. The lowest BCUT2D eigenvalue weighted by atomic mass is 9.72. The molecule has 0 aromatic heterocycles. The van der Waals surface area contributed by atoms with Crippen molar-refractivity contribution in [2.75, 3.05) is 39.8 Å². The van der Waals surface area contributed by atoms with E-state index in [1.165, 1.54) is 12.1 Å². The molecule has 1 unspecified atom stereocenters. The van der Waals surface area contributed by atoms with Crippen molar-refractivity contribution >= 4 is 24.5 Å². The topological polar surface area (TPSA) is 149 Å². The molecule has 12 nitrogen and oxygen atoms in total. The van der Waals surface area contributed by atoms with Crippen LogP contribution in [0.1, 0.15) is 49.7 Å². The van der Waals surface area contributed by atoms with Gasteiger partial charge in [-0.2, -0.15) is 5.26 Å². The van der Waals surface area contributed by atoms with Gasteiger partial charge in [0.1, 0.15) is 6.61 Å². The summed E-state index contributed by atoms with van der Waals surface area (Å²) in [6.07, 6.45) is 5.14. The number of carbonyl (C=O) groups excluding carboxylic acids is 3. The summed E-state index contributed by atoms with van der Waals surface area (Å²) < 4.78 is 5.52. The lowest BCUT2D eigenvalue weighted by Gasteiger charge is -2.40. The van der Waals surface area contributed by atoms with Crippen molar-refractivity contribution in [1.82, 2.24) is 20.0 Å². The summed E-state index contributed by atoms with van der Waals surface area (Å²) in [7, 11) is 1.83. The second-order valence-corrected chi connectivity index (χ2v) is 11.2. The molecule has 236 valence electrons. The maximum Gasteiger partial charge on any atom is 0.316 e. The van der Waals surface area contributed by atoms with Gasteiger partial charge >= 0.3 is 5.97 Å². The van der Waals surface area contributed by atoms with Gasteiger partial charge in [0.25, 0.3) is 5.69 Å². The number of carbonyl (C=O) groups is 3. The molecule has 2 aliphatic heterocycles. The van der Waals surface area contributed by atoms with Gasteiger partial charge in [-0.15, -0.1) is 0 Å². The number of nitro groups is 1. The Bertz CT molecular complexity index is 1480. The second-order valence-electron chi connectivity index (χ2n) is 11.2. The van der Waals surface area contributed by atoms with Crippen LogP contribution in [-0.2, 0) is 24.5 Å². The Hall–Kier alpha value is -5.02. The normalized spacial score (nSPS) is 17.9. The molecule has 1 atom stereocenters. The summed E-state index contributed by atoms with van der Waals surface area (Å²) in [5.41, 5.74) is 2.78. The molecular formula is C33H38N6O6. The number of nitro benzene ring substituents is 1. The monoisotopic (exact) mass is 614 g/mol. The first-order chi connectivity index (χ1) is 21.7. The van der Waals surface area contributed by atoms with Crippen LogP contribution in [0.5, 0.6) is 0 Å². The number of allylic oxidation sites excluding steroid dienone is 1. The molecule has 0 saturated carbocycles. The summed E-state index contributed by atoms with van der Waals surface area (Å²) in [5, 5.41) is 22.9. The van der Waals surface area contributed by atoms with Gasteiger partial charge in [-0.25, -0.2) is 0 Å². The maximum atomic E-state index is 13.3. The third-order valence-corrected chi connectivity index (χ3v) is 8.69. The smallest absolute Gasteiger partial charge is 0.316 e. The van der Waals surface area contributed by atoms with Crippen molar-refractivity contribution in [2.24, 2.45) is 0 Å². The Kier molecular flexibility index (Phi) is 11.0. The molecule has 12 heteroatoms. The fraction of sp³-hybridized carbons (Fsp3) is 0.394. The molecule has 0 spiro atoms. The number of esters is 1. The van der Waals surface area contributed by atoms with Crippen molar-refractivity contribution in [3.63, 3.8) is 0 Å². The van der Waals surface area contributed by atoms with E-state index in [1.807, 2.05) is 61.5 Å². The van der Waals surface area contributed by atoms with E-state index in [4.69, 9.17) is 10.00 Å². The first-order valence-electron chi connectivity index (χ1n) is 14.9. The van der Waals surface area contributed by atoms with Crippen LogP contribution in [0.4, 0.5) is 5.69 Å². The molecule has 0 radical (unpaired) electrons. The highest BCUT2D eigenvalue weighted by molar-refractivity contribution is 5.83. The van der Waals surface area contributed by atoms with Crippen molar-refractivity contribution < 1.29 is 24.0 Å². The van der Waals surface area contributed by atoms with Crippen LogP contribution in [0.2, 0.25) is 0 Å². The molecule has 2 aromatic rings. The van der Waals surface area contributed by atoms with Crippen LogP contribution in [-0.4, -0.2) is 78.2 Å². The van der Waals surface area contributed by atoms with Gasteiger partial charge in [-0.05, 0) is 56.9 Å². The van der Waals surface area contributed by atoms with E-state index in [9.17, 15) is 24.5 Å². The van der Waals surface area contributed by atoms with Crippen LogP contribution in [0.15, 0.2) is 77.9 Å². The fourth-order valence-corrected chi connectivity index (χ4v) is 6.09. The van der Waals surface area contributed by atoms with Gasteiger partial charge in [0.15, 0.2) is 0 Å². The third kappa shape index (κ3) is 7.38. The number of hydrogen-bond acceptors (Lipinski definition) is 9. The highest BCUT2D eigenvalue weighted by Gasteiger charge is 2.44. The highest BCUT2D eigenvalue weighted by atomic mass is 16.6. The minimum atomic E-state index is -0.774. The molecule has 1 saturated heterocycles. The van der Waals surface area contributed by atoms with E-state index >= 15 is 0 Å². The molecule has 1 fully saturated rings. The third-order valence-electron chi connectivity index (χ3n) is 8.69. The van der Waals surface area contributed by atoms with Crippen LogP contribution in [0, 0.1) is 21.4 Å². The minimum Gasteiger partial charge on any atom is -0.464 e. The van der Waals surface area contributed by atoms with Gasteiger partial charge < -0.3 is 24.8 Å². The number of rotatable bonds is 14. The molecular weight excluding hydrogens is 576 g/mol. The summed E-state index contributed by atoms with van der Waals surface area (Å²) in [6.45, 7) is 4.34. The fourth-order valence-electron chi connectivity index (χ4n) is 6.09. The summed E-state index contributed by atoms with van der Waals surface area (Å²) in [5.74, 6) is -0.824. The number of nitrogens with one attached hydrogen (secondary N) is 1. The molecule has 4 rings (SSSR count). The number of piperidine rings is 1. The van der Waals surface area contributed by atoms with Gasteiger partial charge in [-0.3, -0.25) is 24.5 Å². The number of amides is 2. The van der Waals surface area contributed by atoms with E-state index in [0.29, 0.717) is 68.8 Å². The Morgan fingerprint density at radius 2 is 1.87 bits per heavy atom. The first-order valence-corrected chi connectivity index (χ1v) is 14.9. The van der Waals surface area contributed by atoms with Crippen LogP contribution in [0.3, 0.4) is 0 Å². The molecule has 2 amide bonds. The van der Waals surface area contributed by atoms with Gasteiger partial charge in [0.05, 0.1) is 40.1 Å². The van der Waals surface area contributed by atoms with Gasteiger partial charge in [-0.1, -0.05) is 42.5 Å². The van der Waals surface area contributed by atoms with Crippen molar-refractivity contribution in [3.05, 3.63) is 99.1 Å². The van der Waals surface area contributed by atoms with Crippen molar-refractivity contribution in [1.29, 1.82) is 5.26 Å². The molecule has 2 aliphatic rings. The number of hydrogen-bond donors (Lipinski definition) is 1. The number of benzene rings is 2. The van der Waals surface area contributed by atoms with Crippen LogP contribution in [0.25, 0.3) is 0 Å². The quantitative estimate of drug-likeness (QED) is 0.110. The number of non-ortho nitro benzene ring substituents is 1. The summed E-state index contributed by atoms with van der Waals surface area (Å²) >= 11 is 0. The molecule has 0 bridgehead atoms. The summed E-state index contributed by atoms with van der Waals surface area (Å²) in [4.78, 5) is 53.8. The first kappa shape index (κ1) is 32.9. The number of likely N-dealkylation sites (tertiary alicyclic amines) is 1. The highest BCUT2D eigenvalue weighted by Crippen LogP contribution is 2.39. The predicted molar refractivity (Wildman–Crippen MR) is 166 cm³/mol. The van der Waals surface area contributed by atoms with Crippen molar-refractivity contribution in [3.8, 4) is 6.07 Å². The predicted octanol–water partition coefficient (Wildman–Crippen LogP) is 3.78. The minimum absolute atomic E-state index is 0.0525. The average Bonchev–Trinajstić information content (AvgIpc) is 3.06. The van der Waals surface area contributed by atoms with Crippen LogP contribution >= 0.6 is 0 Å². The number of nitriles is 1. The lowest BCUT2D eigenvalue weighted by Crippen LogP contribution is -2.48. The zero-order valence-corrected chi connectivity index (χ0v) is 25.6. The van der Waals surface area contributed by atoms with Gasteiger partial charge in [0.2, 0.25) is 12.8 Å². The van der Waals surface area contributed by atoms with E-state index in [1.54, 1.807) is 17.0 Å². The molecule has 2 heterocycles.